The second-order valence-electron chi connectivity index (χ2n) is 1.47. The van der Waals surface area contributed by atoms with E-state index in [4.69, 9.17) is 10.8 Å². The summed E-state index contributed by atoms with van der Waals surface area (Å²) in [5, 5.41) is 8.17. The van der Waals surface area contributed by atoms with Crippen molar-refractivity contribution < 1.29 is 5.11 Å². The van der Waals surface area contributed by atoms with Crippen LogP contribution in [0, 0.1) is 0 Å². The molecule has 0 aliphatic rings. The van der Waals surface area contributed by atoms with E-state index in [1.54, 1.807) is 12.2 Å². The second-order valence-corrected chi connectivity index (χ2v) is 1.47. The molecule has 2 heteroatoms. The van der Waals surface area contributed by atoms with E-state index in [-0.39, 0.29) is 12.6 Å². The summed E-state index contributed by atoms with van der Waals surface area (Å²) >= 11 is 0. The Bertz CT molecular complexity index is 59.1. The highest BCUT2D eigenvalue weighted by Crippen LogP contribution is 1.75. The third-order valence-corrected chi connectivity index (χ3v) is 0.545. The predicted molar refractivity (Wildman–Crippen MR) is 29.9 cm³/mol. The van der Waals surface area contributed by atoms with Crippen molar-refractivity contribution in [3.63, 3.8) is 0 Å². The van der Waals surface area contributed by atoms with Gasteiger partial charge in [0.15, 0.2) is 0 Å². The van der Waals surface area contributed by atoms with Gasteiger partial charge in [0.25, 0.3) is 0 Å². The van der Waals surface area contributed by atoms with Crippen LogP contribution in [0.3, 0.4) is 0 Å². The predicted octanol–water partition coefficient (Wildman–Crippen LogP) is -0.118. The highest BCUT2D eigenvalue weighted by molar-refractivity contribution is 4.87. The van der Waals surface area contributed by atoms with Crippen LogP contribution in [0.4, 0.5) is 0 Å². The molecule has 3 N–H and O–H groups in total. The van der Waals surface area contributed by atoms with Gasteiger partial charge in [0.1, 0.15) is 0 Å². The Morgan fingerprint density at radius 3 is 2.57 bits per heavy atom. The summed E-state index contributed by atoms with van der Waals surface area (Å²) in [5.41, 5.74) is 5.28. The Kier molecular flexibility index (Phi) is 3.65. The quantitative estimate of drug-likeness (QED) is 0.476. The number of aliphatic hydroxyl groups is 1. The molecule has 0 spiro atoms. The standard InChI is InChI=1S/C5H11NO/c1-5(6)3-2-4-7/h2-3,5,7H,4,6H2,1H3/b3-2+. The third-order valence-electron chi connectivity index (χ3n) is 0.545. The van der Waals surface area contributed by atoms with Crippen molar-refractivity contribution in [2.75, 3.05) is 6.61 Å². The summed E-state index contributed by atoms with van der Waals surface area (Å²) in [6, 6.07) is 0.0622. The lowest BCUT2D eigenvalue weighted by Gasteiger charge is -1.89. The summed E-state index contributed by atoms with van der Waals surface area (Å²) in [5.74, 6) is 0. The second kappa shape index (κ2) is 3.84. The van der Waals surface area contributed by atoms with Crippen molar-refractivity contribution in [1.82, 2.24) is 0 Å². The molecule has 0 aromatic carbocycles. The number of hydrogen-bond donors (Lipinski definition) is 2. The minimum Gasteiger partial charge on any atom is -0.392 e. The molecular weight excluding hydrogens is 90.1 g/mol. The Hall–Kier alpha value is -0.340. The van der Waals surface area contributed by atoms with Crippen LogP contribution in [0.15, 0.2) is 12.2 Å². The van der Waals surface area contributed by atoms with E-state index in [1.807, 2.05) is 6.92 Å². The van der Waals surface area contributed by atoms with Gasteiger partial charge in [-0.1, -0.05) is 12.2 Å². The van der Waals surface area contributed by atoms with Crippen LogP contribution in [0.1, 0.15) is 6.92 Å². The van der Waals surface area contributed by atoms with E-state index in [1.165, 1.54) is 0 Å². The van der Waals surface area contributed by atoms with Gasteiger partial charge in [0, 0.05) is 6.04 Å². The Morgan fingerprint density at radius 1 is 1.86 bits per heavy atom. The largest absolute Gasteiger partial charge is 0.392 e. The summed E-state index contributed by atoms with van der Waals surface area (Å²) < 4.78 is 0. The number of hydrogen-bond acceptors (Lipinski definition) is 2. The van der Waals surface area contributed by atoms with Gasteiger partial charge in [0.05, 0.1) is 6.61 Å². The van der Waals surface area contributed by atoms with Crippen LogP contribution in [-0.2, 0) is 0 Å². The van der Waals surface area contributed by atoms with Crippen molar-refractivity contribution in [2.24, 2.45) is 5.73 Å². The zero-order valence-electron chi connectivity index (χ0n) is 4.46. The van der Waals surface area contributed by atoms with Crippen molar-refractivity contribution in [3.05, 3.63) is 12.2 Å². The van der Waals surface area contributed by atoms with Crippen LogP contribution in [0.25, 0.3) is 0 Å². The molecule has 0 aromatic rings. The molecule has 0 heterocycles. The van der Waals surface area contributed by atoms with Gasteiger partial charge >= 0.3 is 0 Å². The lowest BCUT2D eigenvalue weighted by molar-refractivity contribution is 0.342. The van der Waals surface area contributed by atoms with Crippen LogP contribution in [0.5, 0.6) is 0 Å². The molecule has 7 heavy (non-hydrogen) atoms. The highest BCUT2D eigenvalue weighted by Gasteiger charge is 1.78. The van der Waals surface area contributed by atoms with Gasteiger partial charge < -0.3 is 10.8 Å². The van der Waals surface area contributed by atoms with Crippen molar-refractivity contribution in [2.45, 2.75) is 13.0 Å². The first-order chi connectivity index (χ1) is 3.27. The van der Waals surface area contributed by atoms with Gasteiger partial charge in [-0.15, -0.1) is 0 Å². The van der Waals surface area contributed by atoms with E-state index in [2.05, 4.69) is 0 Å². The summed E-state index contributed by atoms with van der Waals surface area (Å²) in [6.45, 7) is 1.94. The smallest absolute Gasteiger partial charge is 0.0612 e. The SMILES string of the molecule is CC(N)/C=C/CO. The van der Waals surface area contributed by atoms with Gasteiger partial charge in [0.2, 0.25) is 0 Å². The van der Waals surface area contributed by atoms with E-state index in [9.17, 15) is 0 Å². The molecule has 0 aromatic heterocycles. The molecule has 0 aliphatic heterocycles. The van der Waals surface area contributed by atoms with E-state index in [0.717, 1.165) is 0 Å². The Balaban J connectivity index is 3.08. The van der Waals surface area contributed by atoms with Gasteiger partial charge in [-0.05, 0) is 6.92 Å². The average Bonchev–Trinajstić information content (AvgIpc) is 1.61. The topological polar surface area (TPSA) is 46.2 Å². The maximum atomic E-state index is 8.17. The fourth-order valence-electron chi connectivity index (χ4n) is 0.276. The Morgan fingerprint density at radius 2 is 2.43 bits per heavy atom. The number of rotatable bonds is 2. The lowest BCUT2D eigenvalue weighted by atomic mass is 10.3. The Labute approximate surface area is 43.6 Å². The summed E-state index contributed by atoms with van der Waals surface area (Å²) in [4.78, 5) is 0. The molecule has 1 atom stereocenters. The van der Waals surface area contributed by atoms with E-state index >= 15 is 0 Å². The molecule has 0 aliphatic carbocycles. The number of nitrogens with two attached hydrogens (primary N) is 1. The van der Waals surface area contributed by atoms with Gasteiger partial charge in [-0.25, -0.2) is 0 Å². The van der Waals surface area contributed by atoms with Crippen molar-refractivity contribution in [3.8, 4) is 0 Å². The van der Waals surface area contributed by atoms with Crippen molar-refractivity contribution in [1.29, 1.82) is 0 Å². The summed E-state index contributed by atoms with van der Waals surface area (Å²) in [6.07, 6.45) is 3.38. The molecule has 0 fully saturated rings. The zero-order valence-corrected chi connectivity index (χ0v) is 4.46. The van der Waals surface area contributed by atoms with E-state index < -0.39 is 0 Å². The summed E-state index contributed by atoms with van der Waals surface area (Å²) in [7, 11) is 0. The molecule has 2 nitrogen and oxygen atoms in total. The first-order valence-electron chi connectivity index (χ1n) is 2.30. The maximum absolute atomic E-state index is 8.17. The monoisotopic (exact) mass is 101 g/mol. The highest BCUT2D eigenvalue weighted by atomic mass is 16.2. The van der Waals surface area contributed by atoms with Crippen molar-refractivity contribution >= 4 is 0 Å². The number of aliphatic hydroxyl groups excluding tert-OH is 1. The third kappa shape index (κ3) is 5.66. The van der Waals surface area contributed by atoms with Crippen LogP contribution in [0.2, 0.25) is 0 Å². The minimum atomic E-state index is 0.0622. The first kappa shape index (κ1) is 6.66. The van der Waals surface area contributed by atoms with Crippen LogP contribution in [-0.4, -0.2) is 17.8 Å². The van der Waals surface area contributed by atoms with Gasteiger partial charge in [-0.3, -0.25) is 0 Å². The molecule has 1 unspecified atom stereocenters. The minimum absolute atomic E-state index is 0.0622. The normalized spacial score (nSPS) is 15.3. The molecule has 0 saturated carbocycles. The fourth-order valence-corrected chi connectivity index (χ4v) is 0.276. The van der Waals surface area contributed by atoms with E-state index in [0.29, 0.717) is 0 Å². The van der Waals surface area contributed by atoms with Crippen LogP contribution < -0.4 is 5.73 Å². The molecule has 42 valence electrons. The zero-order chi connectivity index (χ0) is 5.70. The molecule has 0 saturated heterocycles. The molecule has 0 rings (SSSR count). The fraction of sp³-hybridized carbons (Fsp3) is 0.600. The van der Waals surface area contributed by atoms with Crippen LogP contribution >= 0.6 is 0 Å². The van der Waals surface area contributed by atoms with Gasteiger partial charge in [-0.2, -0.15) is 0 Å². The molecular formula is C5H11NO. The maximum Gasteiger partial charge on any atom is 0.0612 e. The first-order valence-corrected chi connectivity index (χ1v) is 2.30. The molecule has 0 radical (unpaired) electrons. The molecule has 0 amide bonds. The average molecular weight is 101 g/mol. The molecule has 0 bridgehead atoms. The lowest BCUT2D eigenvalue weighted by Crippen LogP contribution is -2.10.